The molecule has 0 aromatic heterocycles. The average Bonchev–Trinajstić information content (AvgIpc) is 2.97. The Morgan fingerprint density at radius 3 is 2.57 bits per heavy atom. The molecule has 0 saturated carbocycles. The Morgan fingerprint density at radius 1 is 1.19 bits per heavy atom. The van der Waals surface area contributed by atoms with E-state index in [9.17, 15) is 4.79 Å². The molecule has 2 aromatic rings. The number of rotatable bonds is 4. The fourth-order valence-electron chi connectivity index (χ4n) is 2.85. The normalized spacial score (nSPS) is 13.1. The molecule has 0 spiro atoms. The number of carbonyl (C=O) groups excluding carboxylic acids is 1. The van der Waals surface area contributed by atoms with Crippen LogP contribution < -0.4 is 4.90 Å². The summed E-state index contributed by atoms with van der Waals surface area (Å²) in [5.41, 5.74) is 6.91. The first-order valence-electron chi connectivity index (χ1n) is 7.36. The zero-order chi connectivity index (χ0) is 14.8. The van der Waals surface area contributed by atoms with E-state index in [0.29, 0.717) is 5.56 Å². The Kier molecular flexibility index (Phi) is 3.61. The molecule has 106 valence electrons. The lowest BCUT2D eigenvalue weighted by molar-refractivity contribution is 0.112. The number of benzene rings is 2. The number of fused-ring (bicyclic) bond motifs is 1. The van der Waals surface area contributed by atoms with E-state index in [1.165, 1.54) is 22.5 Å². The molecule has 0 unspecified atom stereocenters. The predicted octanol–water partition coefficient (Wildman–Crippen LogP) is 4.45. The highest BCUT2D eigenvalue weighted by Gasteiger charge is 2.20. The van der Waals surface area contributed by atoms with Crippen LogP contribution in [0.4, 0.5) is 5.69 Å². The van der Waals surface area contributed by atoms with Gasteiger partial charge in [-0.3, -0.25) is 4.79 Å². The van der Waals surface area contributed by atoms with Gasteiger partial charge in [-0.25, -0.2) is 0 Å². The average molecular weight is 277 g/mol. The summed E-state index contributed by atoms with van der Waals surface area (Å²) < 4.78 is 0. The minimum Gasteiger partial charge on any atom is -0.345 e. The van der Waals surface area contributed by atoms with Crippen LogP contribution in [0.1, 0.15) is 29.3 Å². The Bertz CT molecular complexity index is 685. The number of allylic oxidation sites excluding steroid dienone is 1. The summed E-state index contributed by atoms with van der Waals surface area (Å²) in [5, 5.41) is 0. The van der Waals surface area contributed by atoms with Crippen LogP contribution in [0.25, 0.3) is 11.1 Å². The first kappa shape index (κ1) is 13.6. The van der Waals surface area contributed by atoms with Crippen molar-refractivity contribution in [1.82, 2.24) is 0 Å². The Balaban J connectivity index is 1.93. The molecule has 1 heterocycles. The fourth-order valence-corrected chi connectivity index (χ4v) is 2.85. The van der Waals surface area contributed by atoms with Crippen molar-refractivity contribution < 1.29 is 4.79 Å². The minimum atomic E-state index is 0.713. The van der Waals surface area contributed by atoms with Crippen LogP contribution in [0, 0.1) is 0 Å². The Hall–Kier alpha value is -2.35. The van der Waals surface area contributed by atoms with E-state index in [-0.39, 0.29) is 0 Å². The highest BCUT2D eigenvalue weighted by Crippen LogP contribution is 2.34. The van der Waals surface area contributed by atoms with Gasteiger partial charge in [0.2, 0.25) is 0 Å². The molecule has 1 aliphatic heterocycles. The third-order valence-electron chi connectivity index (χ3n) is 4.14. The lowest BCUT2D eigenvalue weighted by atomic mass is 10.0. The van der Waals surface area contributed by atoms with Gasteiger partial charge in [-0.15, -0.1) is 0 Å². The van der Waals surface area contributed by atoms with Gasteiger partial charge in [-0.1, -0.05) is 43.8 Å². The van der Waals surface area contributed by atoms with Gasteiger partial charge >= 0.3 is 0 Å². The maximum absolute atomic E-state index is 10.7. The maximum Gasteiger partial charge on any atom is 0.150 e. The van der Waals surface area contributed by atoms with Crippen molar-refractivity contribution in [2.45, 2.75) is 19.8 Å². The van der Waals surface area contributed by atoms with Crippen molar-refractivity contribution in [3.8, 4) is 11.1 Å². The maximum atomic E-state index is 10.7. The predicted molar refractivity (Wildman–Crippen MR) is 87.7 cm³/mol. The Labute approximate surface area is 125 Å². The van der Waals surface area contributed by atoms with Crippen LogP contribution in [0.15, 0.2) is 54.7 Å². The summed E-state index contributed by atoms with van der Waals surface area (Å²) in [4.78, 5) is 13.0. The molecule has 3 rings (SSSR count). The standard InChI is InChI=1S/C19H19NO/c1-3-14(2)20-11-10-18-12-17(8-9-19(18)20)16-6-4-15(13-21)5-7-16/h4-9,12-13H,2-3,10-11H2,1H3. The second-order valence-corrected chi connectivity index (χ2v) is 5.40. The van der Waals surface area contributed by atoms with Crippen LogP contribution in [0.5, 0.6) is 0 Å². The van der Waals surface area contributed by atoms with E-state index in [0.717, 1.165) is 31.2 Å². The number of anilines is 1. The molecule has 0 N–H and O–H groups in total. The van der Waals surface area contributed by atoms with Gasteiger partial charge in [0, 0.05) is 23.5 Å². The molecule has 0 fully saturated rings. The lowest BCUT2D eigenvalue weighted by Crippen LogP contribution is -2.18. The van der Waals surface area contributed by atoms with E-state index in [1.807, 2.05) is 24.3 Å². The van der Waals surface area contributed by atoms with E-state index < -0.39 is 0 Å². The molecule has 0 atom stereocenters. The highest BCUT2D eigenvalue weighted by molar-refractivity contribution is 5.78. The summed E-state index contributed by atoms with van der Waals surface area (Å²) in [7, 11) is 0. The molecular weight excluding hydrogens is 258 g/mol. The summed E-state index contributed by atoms with van der Waals surface area (Å²) in [6.07, 6.45) is 2.92. The first-order chi connectivity index (χ1) is 10.2. The topological polar surface area (TPSA) is 20.3 Å². The van der Waals surface area contributed by atoms with Crippen LogP contribution in [0.2, 0.25) is 0 Å². The molecule has 21 heavy (non-hydrogen) atoms. The van der Waals surface area contributed by atoms with Gasteiger partial charge in [0.25, 0.3) is 0 Å². The quantitative estimate of drug-likeness (QED) is 0.769. The van der Waals surface area contributed by atoms with Gasteiger partial charge in [0.1, 0.15) is 6.29 Å². The van der Waals surface area contributed by atoms with E-state index in [4.69, 9.17) is 0 Å². The van der Waals surface area contributed by atoms with E-state index >= 15 is 0 Å². The van der Waals surface area contributed by atoms with Gasteiger partial charge < -0.3 is 4.90 Å². The summed E-state index contributed by atoms with van der Waals surface area (Å²) in [6, 6.07) is 14.3. The molecule has 1 aliphatic rings. The minimum absolute atomic E-state index is 0.713. The van der Waals surface area contributed by atoms with E-state index in [1.54, 1.807) is 0 Å². The lowest BCUT2D eigenvalue weighted by Gasteiger charge is -2.21. The van der Waals surface area contributed by atoms with Crippen LogP contribution in [0.3, 0.4) is 0 Å². The van der Waals surface area contributed by atoms with Crippen LogP contribution in [-0.4, -0.2) is 12.8 Å². The molecule has 0 amide bonds. The SMILES string of the molecule is C=C(CC)N1CCc2cc(-c3ccc(C=O)cc3)ccc21. The van der Waals surface area contributed by atoms with Crippen molar-refractivity contribution in [2.24, 2.45) is 0 Å². The van der Waals surface area contributed by atoms with Crippen molar-refractivity contribution in [1.29, 1.82) is 0 Å². The molecule has 0 aliphatic carbocycles. The van der Waals surface area contributed by atoms with Gasteiger partial charge in [-0.05, 0) is 41.7 Å². The summed E-state index contributed by atoms with van der Waals surface area (Å²) >= 11 is 0. The summed E-state index contributed by atoms with van der Waals surface area (Å²) in [6.45, 7) is 7.31. The number of hydrogen-bond donors (Lipinski definition) is 0. The highest BCUT2D eigenvalue weighted by atomic mass is 16.1. The van der Waals surface area contributed by atoms with Crippen molar-refractivity contribution in [2.75, 3.05) is 11.4 Å². The second kappa shape index (κ2) is 5.57. The molecule has 2 nitrogen and oxygen atoms in total. The molecule has 0 radical (unpaired) electrons. The van der Waals surface area contributed by atoms with Gasteiger partial charge in [0.15, 0.2) is 0 Å². The largest absolute Gasteiger partial charge is 0.345 e. The molecule has 0 saturated heterocycles. The van der Waals surface area contributed by atoms with Crippen LogP contribution >= 0.6 is 0 Å². The van der Waals surface area contributed by atoms with Gasteiger partial charge in [-0.2, -0.15) is 0 Å². The Morgan fingerprint density at radius 2 is 1.90 bits per heavy atom. The zero-order valence-corrected chi connectivity index (χ0v) is 12.3. The number of carbonyl (C=O) groups is 1. The summed E-state index contributed by atoms with van der Waals surface area (Å²) in [5.74, 6) is 0. The molecular formula is C19H19NO. The number of hydrogen-bond acceptors (Lipinski definition) is 2. The second-order valence-electron chi connectivity index (χ2n) is 5.40. The molecule has 0 bridgehead atoms. The van der Waals surface area contributed by atoms with Crippen molar-refractivity contribution >= 4 is 12.0 Å². The number of nitrogens with zero attached hydrogens (tertiary/aromatic N) is 1. The van der Waals surface area contributed by atoms with Crippen LogP contribution in [-0.2, 0) is 6.42 Å². The fraction of sp³-hybridized carbons (Fsp3) is 0.211. The van der Waals surface area contributed by atoms with Crippen molar-refractivity contribution in [3.05, 3.63) is 65.9 Å². The third-order valence-corrected chi connectivity index (χ3v) is 4.14. The first-order valence-corrected chi connectivity index (χ1v) is 7.36. The number of aldehydes is 1. The molecule has 2 aromatic carbocycles. The van der Waals surface area contributed by atoms with E-state index in [2.05, 4.69) is 36.6 Å². The van der Waals surface area contributed by atoms with Gasteiger partial charge in [0.05, 0.1) is 0 Å². The smallest absolute Gasteiger partial charge is 0.150 e. The zero-order valence-electron chi connectivity index (χ0n) is 12.3. The monoisotopic (exact) mass is 277 g/mol. The third kappa shape index (κ3) is 2.49. The van der Waals surface area contributed by atoms with Crippen molar-refractivity contribution in [3.63, 3.8) is 0 Å². The molecule has 2 heteroatoms.